The van der Waals surface area contributed by atoms with Gasteiger partial charge >= 0.3 is 6.18 Å². The largest absolute Gasteiger partial charge is 0.419 e. The first-order chi connectivity index (χ1) is 7.27. The summed E-state index contributed by atoms with van der Waals surface area (Å²) in [5.74, 6) is -0.447. The molecule has 16 heavy (non-hydrogen) atoms. The molecule has 0 saturated heterocycles. The van der Waals surface area contributed by atoms with Crippen molar-refractivity contribution in [1.82, 2.24) is 0 Å². The van der Waals surface area contributed by atoms with Gasteiger partial charge in [0.05, 0.1) is 17.2 Å². The molecule has 0 atom stereocenters. The fourth-order valence-corrected chi connectivity index (χ4v) is 1.27. The Kier molecular flexibility index (Phi) is 2.90. The lowest BCUT2D eigenvalue weighted by Gasteiger charge is -2.12. The van der Waals surface area contributed by atoms with Crippen molar-refractivity contribution in [1.29, 1.82) is 5.26 Å². The van der Waals surface area contributed by atoms with E-state index in [-0.39, 0.29) is 5.56 Å². The van der Waals surface area contributed by atoms with Crippen molar-refractivity contribution < 1.29 is 18.0 Å². The van der Waals surface area contributed by atoms with Crippen LogP contribution in [0.4, 0.5) is 18.9 Å². The first-order valence-electron chi connectivity index (χ1n) is 4.19. The monoisotopic (exact) mass is 228 g/mol. The predicted molar refractivity (Wildman–Crippen MR) is 50.6 cm³/mol. The number of hydrogen-bond donors (Lipinski definition) is 1. The molecule has 0 fully saturated rings. The molecule has 0 aromatic heterocycles. The fourth-order valence-electron chi connectivity index (χ4n) is 1.27. The van der Waals surface area contributed by atoms with Gasteiger partial charge in [-0.25, -0.2) is 0 Å². The predicted octanol–water partition coefficient (Wildman–Crippen LogP) is 2.36. The van der Waals surface area contributed by atoms with Crippen molar-refractivity contribution in [3.63, 3.8) is 0 Å². The molecule has 0 amide bonds. The number of carbonyl (C=O) groups excluding carboxylic acids is 1. The molecule has 0 bridgehead atoms. The second-order valence-electron chi connectivity index (χ2n) is 3.15. The Hall–Kier alpha value is -2.03. The molecule has 0 aliphatic rings. The summed E-state index contributed by atoms with van der Waals surface area (Å²) in [6.07, 6.45) is -4.70. The average molecular weight is 228 g/mol. The molecule has 0 aliphatic carbocycles. The maximum absolute atomic E-state index is 12.5. The third-order valence-corrected chi connectivity index (χ3v) is 1.98. The van der Waals surface area contributed by atoms with E-state index >= 15 is 0 Å². The summed E-state index contributed by atoms with van der Waals surface area (Å²) >= 11 is 0. The first kappa shape index (κ1) is 12.0. The zero-order valence-corrected chi connectivity index (χ0v) is 8.22. The van der Waals surface area contributed by atoms with Crippen molar-refractivity contribution >= 4 is 11.5 Å². The molecule has 0 aliphatic heterocycles. The number of ketones is 1. The molecule has 0 spiro atoms. The Balaban J connectivity index is 3.55. The van der Waals surface area contributed by atoms with Crippen molar-refractivity contribution in [2.75, 3.05) is 5.73 Å². The molecule has 1 rings (SSSR count). The minimum Gasteiger partial charge on any atom is -0.398 e. The Labute approximate surface area is 89.3 Å². The molecule has 3 nitrogen and oxygen atoms in total. The van der Waals surface area contributed by atoms with E-state index in [0.29, 0.717) is 0 Å². The minimum atomic E-state index is -4.70. The van der Waals surface area contributed by atoms with Gasteiger partial charge < -0.3 is 5.73 Å². The van der Waals surface area contributed by atoms with Gasteiger partial charge in [-0.1, -0.05) is 0 Å². The molecule has 0 saturated carbocycles. The molecule has 6 heteroatoms. The third-order valence-electron chi connectivity index (χ3n) is 1.98. The molecular weight excluding hydrogens is 221 g/mol. The maximum Gasteiger partial charge on any atom is 0.419 e. The summed E-state index contributed by atoms with van der Waals surface area (Å²) in [5, 5.41) is 8.60. The van der Waals surface area contributed by atoms with Crippen LogP contribution < -0.4 is 5.73 Å². The highest BCUT2D eigenvalue weighted by molar-refractivity contribution is 5.95. The van der Waals surface area contributed by atoms with Crippen LogP contribution in [0, 0.1) is 11.3 Å². The van der Waals surface area contributed by atoms with Crippen LogP contribution >= 0.6 is 0 Å². The summed E-state index contributed by atoms with van der Waals surface area (Å²) < 4.78 is 37.5. The third kappa shape index (κ3) is 2.14. The van der Waals surface area contributed by atoms with E-state index in [0.717, 1.165) is 12.1 Å². The number of anilines is 1. The molecule has 84 valence electrons. The van der Waals surface area contributed by atoms with Gasteiger partial charge in [-0.15, -0.1) is 0 Å². The highest BCUT2D eigenvalue weighted by Crippen LogP contribution is 2.36. The van der Waals surface area contributed by atoms with Crippen molar-refractivity contribution in [2.24, 2.45) is 0 Å². The standard InChI is InChI=1S/C10H7F3N2O/c1-5(16)6-2-7(4-14)9(8(15)3-6)10(11,12)13/h2-3H,15H2,1H3. The summed E-state index contributed by atoms with van der Waals surface area (Å²) in [6.45, 7) is 1.18. The fraction of sp³-hybridized carbons (Fsp3) is 0.200. The minimum absolute atomic E-state index is 0.0120. The van der Waals surface area contributed by atoms with E-state index in [9.17, 15) is 18.0 Å². The number of Topliss-reactive ketones (excluding diaryl/α,β-unsaturated/α-hetero) is 1. The van der Waals surface area contributed by atoms with E-state index in [2.05, 4.69) is 0 Å². The van der Waals surface area contributed by atoms with Gasteiger partial charge in [-0.3, -0.25) is 4.79 Å². The van der Waals surface area contributed by atoms with Crippen LogP contribution in [0.25, 0.3) is 0 Å². The molecule has 1 aromatic rings. The van der Waals surface area contributed by atoms with E-state index in [1.54, 1.807) is 0 Å². The average Bonchev–Trinajstić information content (AvgIpc) is 2.14. The van der Waals surface area contributed by atoms with E-state index in [4.69, 9.17) is 11.0 Å². The second kappa shape index (κ2) is 3.85. The highest BCUT2D eigenvalue weighted by Gasteiger charge is 2.36. The lowest BCUT2D eigenvalue weighted by atomic mass is 10.0. The van der Waals surface area contributed by atoms with Gasteiger partial charge in [-0.05, 0) is 19.1 Å². The summed E-state index contributed by atoms with van der Waals surface area (Å²) in [7, 11) is 0. The number of halogens is 3. The van der Waals surface area contributed by atoms with Crippen LogP contribution in [0.5, 0.6) is 0 Å². The SMILES string of the molecule is CC(=O)c1cc(N)c(C(F)(F)F)c(C#N)c1. The number of nitrogens with two attached hydrogens (primary N) is 1. The molecule has 2 N–H and O–H groups in total. The van der Waals surface area contributed by atoms with E-state index in [1.165, 1.54) is 13.0 Å². The van der Waals surface area contributed by atoms with Crippen molar-refractivity contribution in [3.8, 4) is 6.07 Å². The van der Waals surface area contributed by atoms with Crippen LogP contribution in [0.15, 0.2) is 12.1 Å². The van der Waals surface area contributed by atoms with Gasteiger partial charge in [0, 0.05) is 11.3 Å². The Morgan fingerprint density at radius 1 is 1.44 bits per heavy atom. The smallest absolute Gasteiger partial charge is 0.398 e. The number of alkyl halides is 3. The van der Waals surface area contributed by atoms with Crippen molar-refractivity contribution in [2.45, 2.75) is 13.1 Å². The summed E-state index contributed by atoms with van der Waals surface area (Å²) in [6, 6.07) is 3.20. The Morgan fingerprint density at radius 2 is 2.00 bits per heavy atom. The zero-order chi connectivity index (χ0) is 12.5. The Morgan fingerprint density at radius 3 is 2.38 bits per heavy atom. The van der Waals surface area contributed by atoms with Crippen LogP contribution in [0.2, 0.25) is 0 Å². The van der Waals surface area contributed by atoms with E-state index in [1.807, 2.05) is 0 Å². The lowest BCUT2D eigenvalue weighted by molar-refractivity contribution is -0.137. The van der Waals surface area contributed by atoms with Gasteiger partial charge in [0.2, 0.25) is 0 Å². The topological polar surface area (TPSA) is 66.9 Å². The number of carbonyl (C=O) groups is 1. The zero-order valence-electron chi connectivity index (χ0n) is 8.22. The summed E-state index contributed by atoms with van der Waals surface area (Å²) in [4.78, 5) is 11.0. The number of benzene rings is 1. The van der Waals surface area contributed by atoms with Gasteiger partial charge in [0.1, 0.15) is 0 Å². The molecular formula is C10H7F3N2O. The number of nitriles is 1. The molecule has 1 aromatic carbocycles. The molecule has 0 radical (unpaired) electrons. The Bertz CT molecular complexity index is 486. The quantitative estimate of drug-likeness (QED) is 0.592. The number of nitrogens with zero attached hydrogens (tertiary/aromatic N) is 1. The first-order valence-corrected chi connectivity index (χ1v) is 4.19. The number of nitrogen functional groups attached to an aromatic ring is 1. The number of rotatable bonds is 1. The van der Waals surface area contributed by atoms with Gasteiger partial charge in [-0.2, -0.15) is 18.4 Å². The van der Waals surface area contributed by atoms with Crippen molar-refractivity contribution in [3.05, 3.63) is 28.8 Å². The maximum atomic E-state index is 12.5. The summed E-state index contributed by atoms with van der Waals surface area (Å²) in [5.41, 5.74) is 2.74. The van der Waals surface area contributed by atoms with Crippen LogP contribution in [-0.2, 0) is 6.18 Å². The lowest BCUT2D eigenvalue weighted by Crippen LogP contribution is -2.13. The molecule has 0 heterocycles. The highest BCUT2D eigenvalue weighted by atomic mass is 19.4. The molecule has 0 unspecified atom stereocenters. The normalized spacial score (nSPS) is 10.9. The van der Waals surface area contributed by atoms with Crippen LogP contribution in [-0.4, -0.2) is 5.78 Å². The van der Waals surface area contributed by atoms with Gasteiger partial charge in [0.25, 0.3) is 0 Å². The van der Waals surface area contributed by atoms with Gasteiger partial charge in [0.15, 0.2) is 5.78 Å². The van der Waals surface area contributed by atoms with Crippen LogP contribution in [0.3, 0.4) is 0 Å². The second-order valence-corrected chi connectivity index (χ2v) is 3.15. The van der Waals surface area contributed by atoms with Crippen LogP contribution in [0.1, 0.15) is 28.4 Å². The van der Waals surface area contributed by atoms with E-state index < -0.39 is 28.8 Å². The number of hydrogen-bond acceptors (Lipinski definition) is 3.